The molecule has 0 saturated carbocycles. The van der Waals surface area contributed by atoms with Crippen LogP contribution in [0.2, 0.25) is 0 Å². The fourth-order valence-corrected chi connectivity index (χ4v) is 2.04. The molecule has 0 aliphatic heterocycles. The maximum atomic E-state index is 11.4. The summed E-state index contributed by atoms with van der Waals surface area (Å²) in [4.78, 5) is 22.1. The number of carboxylic acid groups (broad SMARTS) is 1. The van der Waals surface area contributed by atoms with Crippen LogP contribution >= 0.6 is 0 Å². The molecule has 2 unspecified atom stereocenters. The fourth-order valence-electron chi connectivity index (χ4n) is 2.04. The molecule has 0 bridgehead atoms. The summed E-state index contributed by atoms with van der Waals surface area (Å²) >= 11 is 0. The Kier molecular flexibility index (Phi) is 2.79. The third-order valence-electron chi connectivity index (χ3n) is 3.08. The Balaban J connectivity index is 2.93. The van der Waals surface area contributed by atoms with Gasteiger partial charge in [-0.05, 0) is 17.4 Å². The molecule has 0 saturated heterocycles. The first-order valence-corrected chi connectivity index (χ1v) is 4.79. The second-order valence-electron chi connectivity index (χ2n) is 4.55. The van der Waals surface area contributed by atoms with Crippen molar-refractivity contribution in [2.75, 3.05) is 0 Å². The van der Waals surface area contributed by atoms with Gasteiger partial charge in [-0.2, -0.15) is 0 Å². The Morgan fingerprint density at radius 1 is 1.57 bits per heavy atom. The van der Waals surface area contributed by atoms with Crippen LogP contribution < -0.4 is 0 Å². The Bertz CT molecular complexity index is 289. The van der Waals surface area contributed by atoms with Crippen molar-refractivity contribution in [2.24, 2.45) is 17.3 Å². The number of ketones is 1. The van der Waals surface area contributed by atoms with Gasteiger partial charge in [-0.25, -0.2) is 0 Å². The molecule has 2 atom stereocenters. The second-order valence-corrected chi connectivity index (χ2v) is 4.55. The molecule has 3 nitrogen and oxygen atoms in total. The van der Waals surface area contributed by atoms with E-state index in [0.29, 0.717) is 0 Å². The highest BCUT2D eigenvalue weighted by Crippen LogP contribution is 2.40. The van der Waals surface area contributed by atoms with Gasteiger partial charge >= 0.3 is 5.97 Å². The molecule has 78 valence electrons. The lowest BCUT2D eigenvalue weighted by molar-refractivity contribution is -0.140. The number of carbonyl (C=O) groups excluding carboxylic acids is 1. The lowest BCUT2D eigenvalue weighted by atomic mass is 9.66. The Labute approximate surface area is 83.8 Å². The molecule has 3 heteroatoms. The second kappa shape index (κ2) is 3.56. The molecule has 1 aliphatic rings. The monoisotopic (exact) mass is 196 g/mol. The molecule has 1 aliphatic carbocycles. The highest BCUT2D eigenvalue weighted by molar-refractivity contribution is 5.93. The maximum Gasteiger partial charge on any atom is 0.303 e. The molecule has 0 fully saturated rings. The van der Waals surface area contributed by atoms with Crippen LogP contribution in [0.15, 0.2) is 12.2 Å². The normalized spacial score (nSPS) is 30.4. The van der Waals surface area contributed by atoms with Crippen molar-refractivity contribution in [3.8, 4) is 0 Å². The minimum Gasteiger partial charge on any atom is -0.481 e. The minimum absolute atomic E-state index is 0.0376. The largest absolute Gasteiger partial charge is 0.481 e. The van der Waals surface area contributed by atoms with E-state index in [2.05, 4.69) is 0 Å². The van der Waals surface area contributed by atoms with Gasteiger partial charge < -0.3 is 5.11 Å². The number of carbonyl (C=O) groups is 2. The summed E-state index contributed by atoms with van der Waals surface area (Å²) in [5.41, 5.74) is -0.203. The van der Waals surface area contributed by atoms with Crippen molar-refractivity contribution in [2.45, 2.75) is 27.2 Å². The zero-order valence-corrected chi connectivity index (χ0v) is 8.78. The summed E-state index contributed by atoms with van der Waals surface area (Å²) in [6, 6.07) is 0. The Hall–Kier alpha value is -1.12. The number of carboxylic acids is 1. The summed E-state index contributed by atoms with van der Waals surface area (Å²) in [5.74, 6) is -1.09. The molecule has 0 aromatic heterocycles. The number of hydrogen-bond donors (Lipinski definition) is 1. The van der Waals surface area contributed by atoms with E-state index in [9.17, 15) is 9.59 Å². The van der Waals surface area contributed by atoms with Crippen molar-refractivity contribution < 1.29 is 14.7 Å². The number of aliphatic carboxylic acids is 1. The van der Waals surface area contributed by atoms with Crippen LogP contribution in [0.1, 0.15) is 27.2 Å². The average molecular weight is 196 g/mol. The van der Waals surface area contributed by atoms with Crippen LogP contribution in [-0.4, -0.2) is 16.9 Å². The summed E-state index contributed by atoms with van der Waals surface area (Å²) in [6.07, 6.45) is 3.45. The maximum absolute atomic E-state index is 11.4. The van der Waals surface area contributed by atoms with E-state index in [1.54, 1.807) is 13.0 Å². The van der Waals surface area contributed by atoms with E-state index in [1.807, 2.05) is 19.9 Å². The third kappa shape index (κ3) is 2.03. The quantitative estimate of drug-likeness (QED) is 0.733. The molecular weight excluding hydrogens is 180 g/mol. The Morgan fingerprint density at radius 3 is 2.64 bits per heavy atom. The van der Waals surface area contributed by atoms with Crippen LogP contribution in [0.3, 0.4) is 0 Å². The number of allylic oxidation sites excluding steroid dienone is 2. The van der Waals surface area contributed by atoms with Crippen molar-refractivity contribution in [3.05, 3.63) is 12.2 Å². The molecule has 1 N–H and O–H groups in total. The van der Waals surface area contributed by atoms with Crippen LogP contribution in [0, 0.1) is 17.3 Å². The first-order valence-electron chi connectivity index (χ1n) is 4.79. The summed E-state index contributed by atoms with van der Waals surface area (Å²) in [5, 5.41) is 8.77. The van der Waals surface area contributed by atoms with E-state index < -0.39 is 5.97 Å². The van der Waals surface area contributed by atoms with Gasteiger partial charge in [0.05, 0.1) is 0 Å². The van der Waals surface area contributed by atoms with Crippen molar-refractivity contribution in [3.63, 3.8) is 0 Å². The van der Waals surface area contributed by atoms with Crippen LogP contribution in [0.5, 0.6) is 0 Å². The van der Waals surface area contributed by atoms with Gasteiger partial charge in [0, 0.05) is 12.3 Å². The van der Waals surface area contributed by atoms with Gasteiger partial charge in [0.2, 0.25) is 0 Å². The topological polar surface area (TPSA) is 54.4 Å². The molecule has 0 aromatic carbocycles. The van der Waals surface area contributed by atoms with E-state index in [-0.39, 0.29) is 29.5 Å². The molecule has 0 spiro atoms. The lowest BCUT2D eigenvalue weighted by Gasteiger charge is -2.37. The molecule has 0 aromatic rings. The van der Waals surface area contributed by atoms with Crippen molar-refractivity contribution in [1.29, 1.82) is 0 Å². The highest BCUT2D eigenvalue weighted by Gasteiger charge is 2.38. The van der Waals surface area contributed by atoms with Gasteiger partial charge in [0.25, 0.3) is 0 Å². The van der Waals surface area contributed by atoms with E-state index >= 15 is 0 Å². The summed E-state index contributed by atoms with van der Waals surface area (Å²) in [7, 11) is 0. The zero-order valence-electron chi connectivity index (χ0n) is 8.78. The number of hydrogen-bond acceptors (Lipinski definition) is 2. The number of rotatable bonds is 2. The molecule has 0 radical (unpaired) electrons. The molecule has 0 heterocycles. The van der Waals surface area contributed by atoms with Crippen molar-refractivity contribution in [1.82, 2.24) is 0 Å². The molecule has 1 rings (SSSR count). The highest BCUT2D eigenvalue weighted by atomic mass is 16.4. The minimum atomic E-state index is -0.835. The van der Waals surface area contributed by atoms with Crippen molar-refractivity contribution >= 4 is 11.8 Å². The lowest BCUT2D eigenvalue weighted by Crippen LogP contribution is -2.36. The predicted molar refractivity (Wildman–Crippen MR) is 52.8 cm³/mol. The fraction of sp³-hybridized carbons (Fsp3) is 0.636. The standard InChI is InChI=1S/C11H16O3/c1-7-8(6-10(13)14)11(2,3)5-4-9(7)12/h4-5,7-8H,6H2,1-3H3,(H,13,14). The average Bonchev–Trinajstić information content (AvgIpc) is 2.06. The van der Waals surface area contributed by atoms with Gasteiger partial charge in [-0.15, -0.1) is 0 Å². The van der Waals surface area contributed by atoms with Crippen LogP contribution in [0.25, 0.3) is 0 Å². The first-order chi connectivity index (χ1) is 6.34. The van der Waals surface area contributed by atoms with E-state index in [0.717, 1.165) is 0 Å². The predicted octanol–water partition coefficient (Wildman–Crippen LogP) is 1.88. The smallest absolute Gasteiger partial charge is 0.303 e. The van der Waals surface area contributed by atoms with Gasteiger partial charge in [-0.3, -0.25) is 9.59 Å². The van der Waals surface area contributed by atoms with Gasteiger partial charge in [0.15, 0.2) is 5.78 Å². The van der Waals surface area contributed by atoms with Crippen LogP contribution in [0.4, 0.5) is 0 Å². The summed E-state index contributed by atoms with van der Waals surface area (Å²) < 4.78 is 0. The van der Waals surface area contributed by atoms with Crippen LogP contribution in [-0.2, 0) is 9.59 Å². The van der Waals surface area contributed by atoms with E-state index in [4.69, 9.17) is 5.11 Å². The molecule has 0 amide bonds. The SMILES string of the molecule is CC1C(=O)C=CC(C)(C)C1CC(=O)O. The van der Waals surface area contributed by atoms with E-state index in [1.165, 1.54) is 0 Å². The first kappa shape index (κ1) is 11.0. The van der Waals surface area contributed by atoms with Gasteiger partial charge in [0.1, 0.15) is 0 Å². The summed E-state index contributed by atoms with van der Waals surface area (Å²) in [6.45, 7) is 5.75. The molecule has 14 heavy (non-hydrogen) atoms. The third-order valence-corrected chi connectivity index (χ3v) is 3.08. The molecular formula is C11H16O3. The Morgan fingerprint density at radius 2 is 2.14 bits per heavy atom. The van der Waals surface area contributed by atoms with Gasteiger partial charge in [-0.1, -0.05) is 26.8 Å². The zero-order chi connectivity index (χ0) is 10.9.